The molecule has 1 saturated heterocycles. The van der Waals surface area contributed by atoms with Crippen LogP contribution in [0.25, 0.3) is 10.2 Å². The largest absolute Gasteiger partial charge is 0.450 e. The monoisotopic (exact) mass is 461 g/mol. The summed E-state index contributed by atoms with van der Waals surface area (Å²) in [6, 6.07) is 8.05. The molecule has 3 heterocycles. The minimum absolute atomic E-state index is 0.0114. The van der Waals surface area contributed by atoms with E-state index in [0.29, 0.717) is 50.3 Å². The number of fused-ring (bicyclic) bond motifs is 1. The van der Waals surface area contributed by atoms with Crippen molar-refractivity contribution in [1.82, 2.24) is 25.0 Å². The van der Waals surface area contributed by atoms with Gasteiger partial charge in [-0.25, -0.2) is 9.78 Å². The highest BCUT2D eigenvalue weighted by molar-refractivity contribution is 7.99. The van der Waals surface area contributed by atoms with E-state index in [1.165, 1.54) is 16.5 Å². The van der Waals surface area contributed by atoms with E-state index < -0.39 is 0 Å². The van der Waals surface area contributed by atoms with Crippen molar-refractivity contribution in [2.24, 2.45) is 0 Å². The molecule has 0 radical (unpaired) electrons. The Bertz CT molecular complexity index is 1010. The number of nitrogens with zero attached hydrogens (tertiary/aromatic N) is 5. The SMILES string of the molecule is CCOC(=O)N1CCN(C(=O)CSc2nnc(CCc3nc4ccccc4s3)o2)CC1. The molecule has 0 atom stereocenters. The summed E-state index contributed by atoms with van der Waals surface area (Å²) in [5, 5.41) is 9.53. The van der Waals surface area contributed by atoms with Crippen molar-refractivity contribution in [1.29, 1.82) is 0 Å². The van der Waals surface area contributed by atoms with E-state index in [-0.39, 0.29) is 17.8 Å². The first kappa shape index (κ1) is 21.6. The molecule has 2 aromatic heterocycles. The zero-order chi connectivity index (χ0) is 21.6. The number of ether oxygens (including phenoxy) is 1. The van der Waals surface area contributed by atoms with Crippen LogP contribution in [0.3, 0.4) is 0 Å². The fourth-order valence-corrected chi connectivity index (χ4v) is 4.86. The van der Waals surface area contributed by atoms with Crippen LogP contribution in [-0.4, -0.2) is 75.5 Å². The summed E-state index contributed by atoms with van der Waals surface area (Å²) in [6.45, 7) is 4.07. The first-order valence-electron chi connectivity index (χ1n) is 10.1. The Hall–Kier alpha value is -2.66. The lowest BCUT2D eigenvalue weighted by Crippen LogP contribution is -2.51. The summed E-state index contributed by atoms with van der Waals surface area (Å²) in [6.07, 6.45) is 1.01. The van der Waals surface area contributed by atoms with Gasteiger partial charge in [0.15, 0.2) is 0 Å². The molecule has 9 nitrogen and oxygen atoms in total. The van der Waals surface area contributed by atoms with Gasteiger partial charge in [-0.3, -0.25) is 4.79 Å². The number of amides is 2. The van der Waals surface area contributed by atoms with Crippen LogP contribution in [0.5, 0.6) is 0 Å². The van der Waals surface area contributed by atoms with Gasteiger partial charge in [-0.05, 0) is 19.1 Å². The smallest absolute Gasteiger partial charge is 0.409 e. The molecule has 0 bridgehead atoms. The highest BCUT2D eigenvalue weighted by atomic mass is 32.2. The number of hydrogen-bond acceptors (Lipinski definition) is 9. The summed E-state index contributed by atoms with van der Waals surface area (Å²) in [7, 11) is 0. The number of rotatable bonds is 7. The van der Waals surface area contributed by atoms with E-state index in [0.717, 1.165) is 16.9 Å². The number of benzene rings is 1. The van der Waals surface area contributed by atoms with Crippen molar-refractivity contribution in [2.75, 3.05) is 38.5 Å². The first-order chi connectivity index (χ1) is 15.1. The van der Waals surface area contributed by atoms with Crippen molar-refractivity contribution >= 4 is 45.3 Å². The Morgan fingerprint density at radius 3 is 2.68 bits per heavy atom. The van der Waals surface area contributed by atoms with Crippen molar-refractivity contribution < 1.29 is 18.7 Å². The van der Waals surface area contributed by atoms with Crippen LogP contribution in [0.15, 0.2) is 33.9 Å². The predicted molar refractivity (Wildman–Crippen MR) is 117 cm³/mol. The minimum atomic E-state index is -0.326. The van der Waals surface area contributed by atoms with Gasteiger partial charge in [0, 0.05) is 39.0 Å². The van der Waals surface area contributed by atoms with E-state index in [1.807, 2.05) is 18.2 Å². The van der Waals surface area contributed by atoms with Crippen LogP contribution in [-0.2, 0) is 22.4 Å². The summed E-state index contributed by atoms with van der Waals surface area (Å²) >= 11 is 2.90. The fraction of sp³-hybridized carbons (Fsp3) is 0.450. The van der Waals surface area contributed by atoms with Gasteiger partial charge in [0.05, 0.1) is 27.6 Å². The third-order valence-corrected chi connectivity index (χ3v) is 6.72. The van der Waals surface area contributed by atoms with Crippen molar-refractivity contribution in [3.05, 3.63) is 35.2 Å². The second kappa shape index (κ2) is 10.1. The van der Waals surface area contributed by atoms with Crippen LogP contribution in [0, 0.1) is 0 Å². The fourth-order valence-electron chi connectivity index (χ4n) is 3.21. The molecule has 164 valence electrons. The minimum Gasteiger partial charge on any atom is -0.450 e. The van der Waals surface area contributed by atoms with Crippen LogP contribution >= 0.6 is 23.1 Å². The Morgan fingerprint density at radius 1 is 1.13 bits per heavy atom. The maximum Gasteiger partial charge on any atom is 0.409 e. The molecule has 2 amide bonds. The molecule has 0 N–H and O–H groups in total. The van der Waals surface area contributed by atoms with E-state index in [9.17, 15) is 9.59 Å². The van der Waals surface area contributed by atoms with E-state index in [4.69, 9.17) is 9.15 Å². The van der Waals surface area contributed by atoms with Crippen molar-refractivity contribution in [2.45, 2.75) is 25.0 Å². The van der Waals surface area contributed by atoms with Crippen LogP contribution in [0.1, 0.15) is 17.8 Å². The molecule has 31 heavy (non-hydrogen) atoms. The number of carbonyl (C=O) groups excluding carboxylic acids is 2. The standard InChI is InChI=1S/C20H23N5O4S2/c1-2-28-20(27)25-11-9-24(10-12-25)18(26)13-30-19-23-22-16(29-19)7-8-17-21-14-5-3-4-6-15(14)31-17/h3-6H,2,7-13H2,1H3. The van der Waals surface area contributed by atoms with Gasteiger partial charge in [-0.1, -0.05) is 23.9 Å². The van der Waals surface area contributed by atoms with Crippen LogP contribution in [0.2, 0.25) is 0 Å². The number of thiazole rings is 1. The maximum absolute atomic E-state index is 12.5. The molecule has 0 spiro atoms. The lowest BCUT2D eigenvalue weighted by molar-refractivity contribution is -0.129. The third-order valence-electron chi connectivity index (χ3n) is 4.82. The molecule has 1 aromatic carbocycles. The number of piperazine rings is 1. The zero-order valence-electron chi connectivity index (χ0n) is 17.2. The summed E-state index contributed by atoms with van der Waals surface area (Å²) in [4.78, 5) is 32.2. The van der Waals surface area contributed by atoms with Crippen LogP contribution < -0.4 is 0 Å². The lowest BCUT2D eigenvalue weighted by atomic mass is 10.3. The molecule has 11 heteroatoms. The normalized spacial score (nSPS) is 14.2. The molecule has 1 fully saturated rings. The Morgan fingerprint density at radius 2 is 1.90 bits per heavy atom. The van der Waals surface area contributed by atoms with Crippen molar-refractivity contribution in [3.63, 3.8) is 0 Å². The average molecular weight is 462 g/mol. The lowest BCUT2D eigenvalue weighted by Gasteiger charge is -2.33. The van der Waals surface area contributed by atoms with Gasteiger partial charge in [0.1, 0.15) is 0 Å². The Labute approximate surface area is 187 Å². The predicted octanol–water partition coefficient (Wildman–Crippen LogP) is 2.86. The molecule has 0 aliphatic carbocycles. The second-order valence-electron chi connectivity index (χ2n) is 6.89. The van der Waals surface area contributed by atoms with Gasteiger partial charge < -0.3 is 19.0 Å². The number of aryl methyl sites for hydroxylation is 2. The third kappa shape index (κ3) is 5.53. The quantitative estimate of drug-likeness (QED) is 0.495. The van der Waals surface area contributed by atoms with Gasteiger partial charge in [-0.2, -0.15) is 0 Å². The molecule has 4 rings (SSSR count). The number of hydrogen-bond donors (Lipinski definition) is 0. The number of thioether (sulfide) groups is 1. The summed E-state index contributed by atoms with van der Waals surface area (Å²) in [5.41, 5.74) is 1.01. The van der Waals surface area contributed by atoms with Gasteiger partial charge in [0.25, 0.3) is 5.22 Å². The van der Waals surface area contributed by atoms with Gasteiger partial charge >= 0.3 is 6.09 Å². The summed E-state index contributed by atoms with van der Waals surface area (Å²) < 4.78 is 11.8. The van der Waals surface area contributed by atoms with E-state index >= 15 is 0 Å². The highest BCUT2D eigenvalue weighted by Gasteiger charge is 2.25. The van der Waals surface area contributed by atoms with Gasteiger partial charge in [-0.15, -0.1) is 21.5 Å². The van der Waals surface area contributed by atoms with Crippen LogP contribution in [0.4, 0.5) is 4.79 Å². The molecular weight excluding hydrogens is 438 g/mol. The topological polar surface area (TPSA) is 102 Å². The van der Waals surface area contributed by atoms with Crippen molar-refractivity contribution in [3.8, 4) is 0 Å². The summed E-state index contributed by atoms with van der Waals surface area (Å²) in [5.74, 6) is 0.749. The second-order valence-corrected chi connectivity index (χ2v) is 8.93. The van der Waals surface area contributed by atoms with E-state index in [1.54, 1.807) is 28.1 Å². The van der Waals surface area contributed by atoms with Gasteiger partial charge in [0.2, 0.25) is 11.8 Å². The number of aromatic nitrogens is 3. The molecule has 3 aromatic rings. The van der Waals surface area contributed by atoms with E-state index in [2.05, 4.69) is 21.2 Å². The highest BCUT2D eigenvalue weighted by Crippen LogP contribution is 2.23. The maximum atomic E-state index is 12.5. The number of carbonyl (C=O) groups is 2. The molecule has 0 saturated carbocycles. The Kier molecular flexibility index (Phi) is 7.03. The molecule has 1 aliphatic rings. The molecule has 1 aliphatic heterocycles. The molecule has 0 unspecified atom stereocenters. The number of para-hydroxylation sites is 1. The Balaban J connectivity index is 1.21. The molecular formula is C20H23N5O4S2. The zero-order valence-corrected chi connectivity index (χ0v) is 18.8. The average Bonchev–Trinajstić information content (AvgIpc) is 3.42. The first-order valence-corrected chi connectivity index (χ1v) is 11.9.